The predicted molar refractivity (Wildman–Crippen MR) is 72.8 cm³/mol. The molecule has 0 saturated heterocycles. The van der Waals surface area contributed by atoms with Crippen molar-refractivity contribution in [1.29, 1.82) is 0 Å². The lowest BCUT2D eigenvalue weighted by Crippen LogP contribution is -2.10. The van der Waals surface area contributed by atoms with Crippen LogP contribution in [0.2, 0.25) is 0 Å². The first-order valence-electron chi connectivity index (χ1n) is 5.58. The summed E-state index contributed by atoms with van der Waals surface area (Å²) in [4.78, 5) is 22.3. The first kappa shape index (κ1) is 13.5. The molecule has 0 unspecified atom stereocenters. The van der Waals surface area contributed by atoms with Crippen molar-refractivity contribution in [3.63, 3.8) is 0 Å². The summed E-state index contributed by atoms with van der Waals surface area (Å²) in [5.74, 6) is -0.0792. The SMILES string of the molecule is CC(=O)OCC(=O)c1ccc(-c2ccc(Br)cc2)o1. The highest BCUT2D eigenvalue weighted by atomic mass is 79.9. The van der Waals surface area contributed by atoms with Gasteiger partial charge in [-0.2, -0.15) is 0 Å². The summed E-state index contributed by atoms with van der Waals surface area (Å²) in [5.41, 5.74) is 0.870. The van der Waals surface area contributed by atoms with Crippen molar-refractivity contribution in [2.24, 2.45) is 0 Å². The van der Waals surface area contributed by atoms with Crippen molar-refractivity contribution < 1.29 is 18.7 Å². The molecule has 0 spiro atoms. The van der Waals surface area contributed by atoms with E-state index in [1.807, 2.05) is 24.3 Å². The zero-order valence-corrected chi connectivity index (χ0v) is 11.8. The summed E-state index contributed by atoms with van der Waals surface area (Å²) in [6.45, 7) is 0.950. The van der Waals surface area contributed by atoms with Crippen molar-refractivity contribution >= 4 is 27.7 Å². The molecule has 19 heavy (non-hydrogen) atoms. The lowest BCUT2D eigenvalue weighted by atomic mass is 10.2. The molecule has 98 valence electrons. The minimum Gasteiger partial charge on any atom is -0.457 e. The number of hydrogen-bond acceptors (Lipinski definition) is 4. The number of furan rings is 1. The van der Waals surface area contributed by atoms with Gasteiger partial charge in [0.25, 0.3) is 0 Å². The average Bonchev–Trinajstić information content (AvgIpc) is 2.86. The monoisotopic (exact) mass is 322 g/mol. The third-order valence-corrected chi connectivity index (χ3v) is 2.94. The maximum Gasteiger partial charge on any atom is 0.303 e. The molecule has 1 aromatic carbocycles. The van der Waals surface area contributed by atoms with Gasteiger partial charge in [-0.25, -0.2) is 0 Å². The van der Waals surface area contributed by atoms with Gasteiger partial charge in [-0.15, -0.1) is 0 Å². The fraction of sp³-hybridized carbons (Fsp3) is 0.143. The second kappa shape index (κ2) is 5.84. The van der Waals surface area contributed by atoms with Crippen LogP contribution in [0.25, 0.3) is 11.3 Å². The maximum absolute atomic E-state index is 11.7. The Bertz CT molecular complexity index is 598. The number of ether oxygens (including phenoxy) is 1. The van der Waals surface area contributed by atoms with E-state index in [2.05, 4.69) is 20.7 Å². The Kier molecular flexibility index (Phi) is 4.16. The number of esters is 1. The molecular weight excluding hydrogens is 312 g/mol. The maximum atomic E-state index is 11.7. The molecule has 1 heterocycles. The van der Waals surface area contributed by atoms with Crippen LogP contribution >= 0.6 is 15.9 Å². The van der Waals surface area contributed by atoms with E-state index in [-0.39, 0.29) is 18.2 Å². The van der Waals surface area contributed by atoms with Crippen LogP contribution in [0.4, 0.5) is 0 Å². The van der Waals surface area contributed by atoms with E-state index in [0.717, 1.165) is 10.0 Å². The van der Waals surface area contributed by atoms with Gasteiger partial charge in [0.15, 0.2) is 12.4 Å². The molecule has 0 bridgehead atoms. The quantitative estimate of drug-likeness (QED) is 0.639. The smallest absolute Gasteiger partial charge is 0.303 e. The molecule has 0 radical (unpaired) electrons. The average molecular weight is 323 g/mol. The highest BCUT2D eigenvalue weighted by Gasteiger charge is 2.13. The molecule has 0 aliphatic carbocycles. The number of Topliss-reactive ketones (excluding diaryl/α,β-unsaturated/α-hetero) is 1. The molecule has 0 aliphatic rings. The third kappa shape index (κ3) is 3.54. The fourth-order valence-corrected chi connectivity index (χ4v) is 1.76. The molecule has 0 atom stereocenters. The lowest BCUT2D eigenvalue weighted by molar-refractivity contribution is -0.139. The zero-order chi connectivity index (χ0) is 13.8. The number of carbonyl (C=O) groups is 2. The minimum atomic E-state index is -0.493. The summed E-state index contributed by atoms with van der Waals surface area (Å²) < 4.78 is 11.0. The molecule has 0 aliphatic heterocycles. The Balaban J connectivity index is 2.12. The molecule has 0 fully saturated rings. The molecule has 0 saturated carbocycles. The third-order valence-electron chi connectivity index (χ3n) is 2.42. The molecular formula is C14H11BrO4. The minimum absolute atomic E-state index is 0.180. The van der Waals surface area contributed by atoms with Gasteiger partial charge in [0.2, 0.25) is 5.78 Å². The summed E-state index contributed by atoms with van der Waals surface area (Å²) in [7, 11) is 0. The number of ketones is 1. The van der Waals surface area contributed by atoms with E-state index in [1.54, 1.807) is 12.1 Å². The van der Waals surface area contributed by atoms with E-state index in [1.165, 1.54) is 6.92 Å². The molecule has 1 aromatic heterocycles. The zero-order valence-electron chi connectivity index (χ0n) is 10.2. The van der Waals surface area contributed by atoms with Crippen LogP contribution < -0.4 is 0 Å². The first-order valence-corrected chi connectivity index (χ1v) is 6.38. The Labute approximate surface area is 118 Å². The second-order valence-corrected chi connectivity index (χ2v) is 4.79. The number of rotatable bonds is 4. The van der Waals surface area contributed by atoms with Crippen molar-refractivity contribution in [3.8, 4) is 11.3 Å². The topological polar surface area (TPSA) is 56.5 Å². The molecule has 5 heteroatoms. The molecule has 4 nitrogen and oxygen atoms in total. The van der Waals surface area contributed by atoms with Gasteiger partial charge < -0.3 is 9.15 Å². The van der Waals surface area contributed by atoms with Crippen LogP contribution in [0.3, 0.4) is 0 Å². The fourth-order valence-electron chi connectivity index (χ4n) is 1.50. The van der Waals surface area contributed by atoms with Crippen LogP contribution in [-0.2, 0) is 9.53 Å². The number of halogens is 1. The largest absolute Gasteiger partial charge is 0.457 e. The molecule has 2 rings (SSSR count). The van der Waals surface area contributed by atoms with Crippen molar-refractivity contribution in [2.75, 3.05) is 6.61 Å². The van der Waals surface area contributed by atoms with Crippen molar-refractivity contribution in [2.45, 2.75) is 6.92 Å². The molecule has 0 N–H and O–H groups in total. The highest BCUT2D eigenvalue weighted by Crippen LogP contribution is 2.24. The van der Waals surface area contributed by atoms with Crippen LogP contribution in [0.1, 0.15) is 17.5 Å². The molecule has 2 aromatic rings. The van der Waals surface area contributed by atoms with E-state index >= 15 is 0 Å². The van der Waals surface area contributed by atoms with Gasteiger partial charge in [0, 0.05) is 17.0 Å². The van der Waals surface area contributed by atoms with Gasteiger partial charge in [-0.3, -0.25) is 9.59 Å². The Hall–Kier alpha value is -1.88. The number of hydrogen-bond donors (Lipinski definition) is 0. The van der Waals surface area contributed by atoms with Gasteiger partial charge in [-0.05, 0) is 24.3 Å². The van der Waals surface area contributed by atoms with E-state index < -0.39 is 5.97 Å². The van der Waals surface area contributed by atoms with Crippen LogP contribution in [0.15, 0.2) is 45.3 Å². The Morgan fingerprint density at radius 3 is 2.47 bits per heavy atom. The Morgan fingerprint density at radius 2 is 1.84 bits per heavy atom. The summed E-state index contributed by atoms with van der Waals surface area (Å²) in [5, 5.41) is 0. The normalized spacial score (nSPS) is 10.2. The predicted octanol–water partition coefficient (Wildman–Crippen LogP) is 3.45. The van der Waals surface area contributed by atoms with Gasteiger partial charge >= 0.3 is 5.97 Å². The summed E-state index contributed by atoms with van der Waals surface area (Å²) in [6, 6.07) is 10.8. The van der Waals surface area contributed by atoms with E-state index in [9.17, 15) is 9.59 Å². The lowest BCUT2D eigenvalue weighted by Gasteiger charge is -1.99. The van der Waals surface area contributed by atoms with Crippen molar-refractivity contribution in [1.82, 2.24) is 0 Å². The number of benzene rings is 1. The standard InChI is InChI=1S/C14H11BrO4/c1-9(16)18-8-12(17)14-7-6-13(19-14)10-2-4-11(15)5-3-10/h2-7H,8H2,1H3. The van der Waals surface area contributed by atoms with Crippen LogP contribution in [0.5, 0.6) is 0 Å². The van der Waals surface area contributed by atoms with E-state index in [4.69, 9.17) is 4.42 Å². The van der Waals surface area contributed by atoms with Gasteiger partial charge in [0.05, 0.1) is 0 Å². The number of carbonyl (C=O) groups excluding carboxylic acids is 2. The molecule has 0 amide bonds. The van der Waals surface area contributed by atoms with Gasteiger partial charge in [0.1, 0.15) is 5.76 Å². The summed E-state index contributed by atoms with van der Waals surface area (Å²) in [6.07, 6.45) is 0. The van der Waals surface area contributed by atoms with Crippen LogP contribution in [-0.4, -0.2) is 18.4 Å². The van der Waals surface area contributed by atoms with Crippen molar-refractivity contribution in [3.05, 3.63) is 46.6 Å². The Morgan fingerprint density at radius 1 is 1.16 bits per heavy atom. The first-order chi connectivity index (χ1) is 9.06. The van der Waals surface area contributed by atoms with Gasteiger partial charge in [-0.1, -0.05) is 28.1 Å². The second-order valence-electron chi connectivity index (χ2n) is 3.87. The summed E-state index contributed by atoms with van der Waals surface area (Å²) >= 11 is 3.35. The highest BCUT2D eigenvalue weighted by molar-refractivity contribution is 9.10. The van der Waals surface area contributed by atoms with E-state index in [0.29, 0.717) is 5.76 Å². The van der Waals surface area contributed by atoms with Crippen LogP contribution in [0, 0.1) is 0 Å².